The molecule has 0 radical (unpaired) electrons. The van der Waals surface area contributed by atoms with Crippen LogP contribution in [-0.4, -0.2) is 31.6 Å². The molecule has 1 atom stereocenters. The van der Waals surface area contributed by atoms with Crippen molar-refractivity contribution in [2.45, 2.75) is 26.2 Å². The van der Waals surface area contributed by atoms with Crippen molar-refractivity contribution in [2.75, 3.05) is 18.1 Å². The summed E-state index contributed by atoms with van der Waals surface area (Å²) in [4.78, 5) is 0. The maximum Gasteiger partial charge on any atom is 0.150 e. The molecule has 0 spiro atoms. The molecule has 0 heterocycles. The van der Waals surface area contributed by atoms with Crippen molar-refractivity contribution in [1.29, 1.82) is 0 Å². The topological polar surface area (TPSA) is 54.4 Å². The van der Waals surface area contributed by atoms with Gasteiger partial charge in [-0.05, 0) is 42.9 Å². The Bertz CT molecular complexity index is 485. The van der Waals surface area contributed by atoms with Gasteiger partial charge in [0.25, 0.3) is 0 Å². The third kappa shape index (κ3) is 6.54. The first-order valence-corrected chi connectivity index (χ1v) is 9.14. The summed E-state index contributed by atoms with van der Waals surface area (Å²) in [5.41, 5.74) is 1.11. The highest BCUT2D eigenvalue weighted by Crippen LogP contribution is 2.17. The van der Waals surface area contributed by atoms with Gasteiger partial charge in [-0.15, -0.1) is 0 Å². The van der Waals surface area contributed by atoms with Gasteiger partial charge in [-0.2, -0.15) is 0 Å². The van der Waals surface area contributed by atoms with E-state index in [0.717, 1.165) is 10.0 Å². The molecular formula is C14H21BrO3S. The van der Waals surface area contributed by atoms with Crippen molar-refractivity contribution in [2.24, 2.45) is 5.92 Å². The second-order valence-electron chi connectivity index (χ2n) is 4.82. The normalized spacial score (nSPS) is 13.4. The van der Waals surface area contributed by atoms with Gasteiger partial charge in [-0.1, -0.05) is 35.0 Å². The summed E-state index contributed by atoms with van der Waals surface area (Å²) < 4.78 is 24.3. The molecule has 19 heavy (non-hydrogen) atoms. The Hall–Kier alpha value is -0.390. The largest absolute Gasteiger partial charge is 0.396 e. The summed E-state index contributed by atoms with van der Waals surface area (Å²) in [6.07, 6.45) is 1.88. The molecular weight excluding hydrogens is 328 g/mol. The van der Waals surface area contributed by atoms with Crippen LogP contribution in [0.15, 0.2) is 28.7 Å². The number of sulfone groups is 1. The van der Waals surface area contributed by atoms with Crippen LogP contribution in [0.1, 0.15) is 25.3 Å². The molecule has 0 saturated heterocycles. The van der Waals surface area contributed by atoms with Crippen LogP contribution in [0, 0.1) is 5.92 Å². The summed E-state index contributed by atoms with van der Waals surface area (Å²) in [5.74, 6) is 0.406. The van der Waals surface area contributed by atoms with E-state index in [-0.39, 0.29) is 24.0 Å². The summed E-state index contributed by atoms with van der Waals surface area (Å²) in [6, 6.07) is 7.89. The van der Waals surface area contributed by atoms with Crippen molar-refractivity contribution in [1.82, 2.24) is 0 Å². The molecule has 0 aliphatic carbocycles. The molecule has 0 aromatic heterocycles. The zero-order valence-corrected chi connectivity index (χ0v) is 13.6. The molecule has 3 nitrogen and oxygen atoms in total. The van der Waals surface area contributed by atoms with Crippen molar-refractivity contribution in [3.8, 4) is 0 Å². The molecule has 0 aliphatic rings. The predicted octanol–water partition coefficient (Wildman–Crippen LogP) is 2.82. The van der Waals surface area contributed by atoms with Gasteiger partial charge in [0.1, 0.15) is 9.84 Å². The highest BCUT2D eigenvalue weighted by atomic mass is 79.9. The molecule has 0 aliphatic heterocycles. The molecule has 1 aromatic rings. The molecule has 0 bridgehead atoms. The molecule has 1 aromatic carbocycles. The van der Waals surface area contributed by atoms with E-state index < -0.39 is 9.84 Å². The third-order valence-electron chi connectivity index (χ3n) is 3.02. The number of hydrogen-bond acceptors (Lipinski definition) is 3. The minimum absolute atomic E-state index is 0.000862. The number of aliphatic hydroxyl groups excluding tert-OH is 1. The molecule has 1 N–H and O–H groups in total. The van der Waals surface area contributed by atoms with Crippen LogP contribution in [0.25, 0.3) is 0 Å². The zero-order valence-electron chi connectivity index (χ0n) is 11.2. The zero-order chi connectivity index (χ0) is 14.3. The highest BCUT2D eigenvalue weighted by molar-refractivity contribution is 9.10. The SMILES string of the molecule is CCCS(=O)(=O)CCC(CO)Cc1cccc(Br)c1. The lowest BCUT2D eigenvalue weighted by Crippen LogP contribution is -2.18. The van der Waals surface area contributed by atoms with Gasteiger partial charge < -0.3 is 5.11 Å². The number of rotatable bonds is 8. The number of benzene rings is 1. The van der Waals surface area contributed by atoms with Gasteiger partial charge >= 0.3 is 0 Å². The Morgan fingerprint density at radius 3 is 2.63 bits per heavy atom. The number of aliphatic hydroxyl groups is 1. The van der Waals surface area contributed by atoms with E-state index in [1.54, 1.807) is 0 Å². The average molecular weight is 349 g/mol. The number of hydrogen-bond donors (Lipinski definition) is 1. The van der Waals surface area contributed by atoms with Gasteiger partial charge in [0.2, 0.25) is 0 Å². The van der Waals surface area contributed by atoms with E-state index >= 15 is 0 Å². The van der Waals surface area contributed by atoms with Crippen LogP contribution in [0.5, 0.6) is 0 Å². The maximum atomic E-state index is 11.7. The molecule has 1 rings (SSSR count). The average Bonchev–Trinajstić information content (AvgIpc) is 2.34. The fraction of sp³-hybridized carbons (Fsp3) is 0.571. The summed E-state index contributed by atoms with van der Waals surface area (Å²) >= 11 is 3.41. The lowest BCUT2D eigenvalue weighted by Gasteiger charge is -2.14. The lowest BCUT2D eigenvalue weighted by atomic mass is 9.98. The van der Waals surface area contributed by atoms with E-state index in [1.165, 1.54) is 0 Å². The number of halogens is 1. The van der Waals surface area contributed by atoms with Gasteiger partial charge in [0.15, 0.2) is 0 Å². The second kappa shape index (κ2) is 8.02. The Morgan fingerprint density at radius 2 is 2.05 bits per heavy atom. The van der Waals surface area contributed by atoms with Crippen LogP contribution in [0.3, 0.4) is 0 Å². The highest BCUT2D eigenvalue weighted by Gasteiger charge is 2.15. The van der Waals surface area contributed by atoms with Crippen LogP contribution < -0.4 is 0 Å². The smallest absolute Gasteiger partial charge is 0.150 e. The fourth-order valence-electron chi connectivity index (χ4n) is 2.01. The molecule has 0 fully saturated rings. The van der Waals surface area contributed by atoms with Crippen molar-refractivity contribution >= 4 is 25.8 Å². The quantitative estimate of drug-likeness (QED) is 0.785. The van der Waals surface area contributed by atoms with Crippen molar-refractivity contribution < 1.29 is 13.5 Å². The summed E-state index contributed by atoms with van der Waals surface area (Å²) in [7, 11) is -2.96. The molecule has 0 saturated carbocycles. The van der Waals surface area contributed by atoms with Gasteiger partial charge in [0, 0.05) is 16.8 Å². The minimum atomic E-state index is -2.96. The van der Waals surface area contributed by atoms with E-state index in [4.69, 9.17) is 0 Å². The maximum absolute atomic E-state index is 11.7. The Labute approximate surface area is 124 Å². The molecule has 5 heteroatoms. The van der Waals surface area contributed by atoms with E-state index in [0.29, 0.717) is 19.3 Å². The second-order valence-corrected chi connectivity index (χ2v) is 8.04. The van der Waals surface area contributed by atoms with E-state index in [2.05, 4.69) is 15.9 Å². The molecule has 108 valence electrons. The predicted molar refractivity (Wildman–Crippen MR) is 82.0 cm³/mol. The van der Waals surface area contributed by atoms with Crippen LogP contribution in [0.2, 0.25) is 0 Å². The first-order chi connectivity index (χ1) is 8.96. The first kappa shape index (κ1) is 16.7. The van der Waals surface area contributed by atoms with Gasteiger partial charge in [-0.25, -0.2) is 8.42 Å². The van der Waals surface area contributed by atoms with Gasteiger partial charge in [-0.3, -0.25) is 0 Å². The summed E-state index contributed by atoms with van der Waals surface area (Å²) in [6.45, 7) is 1.89. The minimum Gasteiger partial charge on any atom is -0.396 e. The Balaban J connectivity index is 2.55. The van der Waals surface area contributed by atoms with Gasteiger partial charge in [0.05, 0.1) is 5.75 Å². The summed E-state index contributed by atoms with van der Waals surface area (Å²) in [5, 5.41) is 9.38. The van der Waals surface area contributed by atoms with Crippen molar-refractivity contribution in [3.05, 3.63) is 34.3 Å². The Kier molecular flexibility index (Phi) is 7.04. The van der Waals surface area contributed by atoms with Crippen LogP contribution in [0.4, 0.5) is 0 Å². The van der Waals surface area contributed by atoms with Crippen LogP contribution >= 0.6 is 15.9 Å². The first-order valence-electron chi connectivity index (χ1n) is 6.52. The van der Waals surface area contributed by atoms with Crippen molar-refractivity contribution in [3.63, 3.8) is 0 Å². The lowest BCUT2D eigenvalue weighted by molar-refractivity contribution is 0.222. The monoisotopic (exact) mass is 348 g/mol. The van der Waals surface area contributed by atoms with E-state index in [1.807, 2.05) is 31.2 Å². The van der Waals surface area contributed by atoms with Crippen LogP contribution in [-0.2, 0) is 16.3 Å². The Morgan fingerprint density at radius 1 is 1.32 bits per heavy atom. The fourth-order valence-corrected chi connectivity index (χ4v) is 3.98. The molecule has 0 amide bonds. The molecule has 1 unspecified atom stereocenters. The standard InChI is InChI=1S/C14H21BrO3S/c1-2-7-19(17,18)8-6-13(11-16)9-12-4-3-5-14(15)10-12/h3-5,10,13,16H,2,6-9,11H2,1H3. The van der Waals surface area contributed by atoms with E-state index in [9.17, 15) is 13.5 Å². The third-order valence-corrected chi connectivity index (χ3v) is 5.41.